The highest BCUT2D eigenvalue weighted by Crippen LogP contribution is 2.15. The van der Waals surface area contributed by atoms with E-state index in [0.717, 1.165) is 17.3 Å². The summed E-state index contributed by atoms with van der Waals surface area (Å²) in [6.07, 6.45) is 1.64. The molecule has 0 saturated heterocycles. The second kappa shape index (κ2) is 6.09. The quantitative estimate of drug-likeness (QED) is 0.686. The number of para-hydroxylation sites is 1. The van der Waals surface area contributed by atoms with Gasteiger partial charge < -0.3 is 15.4 Å². The van der Waals surface area contributed by atoms with Crippen LogP contribution >= 0.6 is 0 Å². The van der Waals surface area contributed by atoms with Crippen molar-refractivity contribution in [3.05, 3.63) is 70.6 Å². The Morgan fingerprint density at radius 1 is 1.14 bits per heavy atom. The van der Waals surface area contributed by atoms with E-state index < -0.39 is 5.56 Å². The molecule has 0 saturated carbocycles. The number of benzene rings is 1. The molecule has 3 aromatic rings. The van der Waals surface area contributed by atoms with Gasteiger partial charge in [0.25, 0.3) is 5.56 Å². The Morgan fingerprint density at radius 2 is 1.95 bits per heavy atom. The number of H-pyrrole nitrogens is 1. The van der Waals surface area contributed by atoms with Crippen molar-refractivity contribution in [3.8, 4) is 17.4 Å². The number of aromatic amines is 1. The number of nitrogens with zero attached hydrogens (tertiary/aromatic N) is 2. The maximum absolute atomic E-state index is 11.3. The monoisotopic (exact) mass is 294 g/mol. The molecule has 0 radical (unpaired) electrons. The van der Waals surface area contributed by atoms with E-state index in [9.17, 15) is 9.90 Å². The second-order valence-corrected chi connectivity index (χ2v) is 4.72. The number of hydrogen-bond donors (Lipinski definition) is 3. The lowest BCUT2D eigenvalue weighted by Gasteiger charge is -2.07. The maximum atomic E-state index is 11.3. The second-order valence-electron chi connectivity index (χ2n) is 4.72. The van der Waals surface area contributed by atoms with Gasteiger partial charge in [-0.1, -0.05) is 18.2 Å². The smallest absolute Gasteiger partial charge is 0.277 e. The molecule has 0 fully saturated rings. The van der Waals surface area contributed by atoms with E-state index >= 15 is 0 Å². The zero-order chi connectivity index (χ0) is 15.4. The van der Waals surface area contributed by atoms with Crippen molar-refractivity contribution in [1.29, 1.82) is 0 Å². The minimum Gasteiger partial charge on any atom is -0.494 e. The van der Waals surface area contributed by atoms with Crippen molar-refractivity contribution in [2.45, 2.75) is 6.54 Å². The molecule has 0 amide bonds. The predicted molar refractivity (Wildman–Crippen MR) is 83.5 cm³/mol. The number of aromatic nitrogens is 3. The first-order valence-electron chi connectivity index (χ1n) is 6.75. The Balaban J connectivity index is 1.82. The van der Waals surface area contributed by atoms with Gasteiger partial charge in [-0.2, -0.15) is 4.98 Å². The van der Waals surface area contributed by atoms with Gasteiger partial charge >= 0.3 is 0 Å². The van der Waals surface area contributed by atoms with Crippen LogP contribution in [-0.4, -0.2) is 20.1 Å². The molecule has 0 unspecified atom stereocenters. The largest absolute Gasteiger partial charge is 0.494 e. The summed E-state index contributed by atoms with van der Waals surface area (Å²) in [5, 5.41) is 12.7. The maximum Gasteiger partial charge on any atom is 0.277 e. The number of nitrogens with one attached hydrogen (secondary N) is 2. The Kier molecular flexibility index (Phi) is 3.82. The number of hydrogen-bond acceptors (Lipinski definition) is 5. The van der Waals surface area contributed by atoms with Crippen LogP contribution in [0.2, 0.25) is 0 Å². The van der Waals surface area contributed by atoms with Crippen molar-refractivity contribution >= 4 is 5.69 Å². The molecule has 0 bridgehead atoms. The third kappa shape index (κ3) is 3.29. The lowest BCUT2D eigenvalue weighted by molar-refractivity contribution is 0.452. The van der Waals surface area contributed by atoms with Crippen LogP contribution in [0.4, 0.5) is 5.69 Å². The Labute approximate surface area is 126 Å². The summed E-state index contributed by atoms with van der Waals surface area (Å²) in [6.45, 7) is 0.614. The minimum absolute atomic E-state index is 0.232. The van der Waals surface area contributed by atoms with Gasteiger partial charge in [-0.3, -0.25) is 9.78 Å². The van der Waals surface area contributed by atoms with Crippen molar-refractivity contribution < 1.29 is 5.11 Å². The topological polar surface area (TPSA) is 90.9 Å². The van der Waals surface area contributed by atoms with Gasteiger partial charge in [0.05, 0.1) is 6.07 Å². The highest BCUT2D eigenvalue weighted by molar-refractivity contribution is 5.51. The molecule has 6 heteroatoms. The van der Waals surface area contributed by atoms with Gasteiger partial charge in [0.15, 0.2) is 11.7 Å². The SMILES string of the molecule is O=c1cc(O)[nH]c(-c2cc(CNc3ccccc3)ccn2)n1. The van der Waals surface area contributed by atoms with Crippen molar-refractivity contribution in [2.75, 3.05) is 5.32 Å². The van der Waals surface area contributed by atoms with E-state index in [-0.39, 0.29) is 11.7 Å². The van der Waals surface area contributed by atoms with E-state index in [1.54, 1.807) is 6.20 Å². The molecule has 3 rings (SSSR count). The van der Waals surface area contributed by atoms with E-state index in [1.165, 1.54) is 0 Å². The van der Waals surface area contributed by atoms with Gasteiger partial charge in [-0.05, 0) is 29.8 Å². The first-order valence-corrected chi connectivity index (χ1v) is 6.75. The Bertz CT molecular complexity index is 831. The summed E-state index contributed by atoms with van der Waals surface area (Å²) in [6, 6.07) is 14.5. The van der Waals surface area contributed by atoms with Crippen molar-refractivity contribution in [2.24, 2.45) is 0 Å². The highest BCUT2D eigenvalue weighted by Gasteiger charge is 2.05. The zero-order valence-corrected chi connectivity index (χ0v) is 11.7. The molecule has 1 aromatic carbocycles. The Hall–Kier alpha value is -3.15. The molecule has 2 aromatic heterocycles. The van der Waals surface area contributed by atoms with Gasteiger partial charge in [0.2, 0.25) is 0 Å². The molecular weight excluding hydrogens is 280 g/mol. The fourth-order valence-electron chi connectivity index (χ4n) is 2.04. The van der Waals surface area contributed by atoms with E-state index in [4.69, 9.17) is 0 Å². The normalized spacial score (nSPS) is 10.4. The molecule has 0 aliphatic rings. The minimum atomic E-state index is -0.513. The van der Waals surface area contributed by atoms with Gasteiger partial charge in [0.1, 0.15) is 5.69 Å². The fraction of sp³-hybridized carbons (Fsp3) is 0.0625. The van der Waals surface area contributed by atoms with Gasteiger partial charge in [-0.25, -0.2) is 0 Å². The van der Waals surface area contributed by atoms with Crippen LogP contribution in [0, 0.1) is 0 Å². The van der Waals surface area contributed by atoms with Crippen LogP contribution in [-0.2, 0) is 6.54 Å². The summed E-state index contributed by atoms with van der Waals surface area (Å²) in [5.74, 6) is 0.0103. The summed E-state index contributed by atoms with van der Waals surface area (Å²) in [7, 11) is 0. The van der Waals surface area contributed by atoms with E-state index in [0.29, 0.717) is 12.2 Å². The molecule has 0 aliphatic heterocycles. The molecule has 110 valence electrons. The molecule has 0 spiro atoms. The molecule has 3 N–H and O–H groups in total. The average Bonchev–Trinajstić information content (AvgIpc) is 2.53. The molecular formula is C16H14N4O2. The number of anilines is 1. The van der Waals surface area contributed by atoms with Crippen molar-refractivity contribution in [3.63, 3.8) is 0 Å². The third-order valence-corrected chi connectivity index (χ3v) is 3.07. The van der Waals surface area contributed by atoms with E-state index in [2.05, 4.69) is 20.3 Å². The highest BCUT2D eigenvalue weighted by atomic mass is 16.3. The van der Waals surface area contributed by atoms with Crippen LogP contribution < -0.4 is 10.9 Å². The predicted octanol–water partition coefficient (Wildman–Crippen LogP) is 2.15. The van der Waals surface area contributed by atoms with Gasteiger partial charge in [-0.15, -0.1) is 0 Å². The third-order valence-electron chi connectivity index (χ3n) is 3.07. The summed E-state index contributed by atoms with van der Waals surface area (Å²) >= 11 is 0. The Morgan fingerprint density at radius 3 is 2.73 bits per heavy atom. The van der Waals surface area contributed by atoms with Crippen LogP contribution in [0.15, 0.2) is 59.5 Å². The standard InChI is InChI=1S/C16H14N4O2/c21-14-9-15(22)20-16(19-14)13-8-11(6-7-17-13)10-18-12-4-2-1-3-5-12/h1-9,18H,10H2,(H2,19,20,21,22). The summed E-state index contributed by atoms with van der Waals surface area (Å²) in [5.41, 5.74) is 1.99. The molecule has 6 nitrogen and oxygen atoms in total. The number of aromatic hydroxyl groups is 1. The summed E-state index contributed by atoms with van der Waals surface area (Å²) in [4.78, 5) is 22.0. The first kappa shape index (κ1) is 13.8. The van der Waals surface area contributed by atoms with Gasteiger partial charge in [0, 0.05) is 18.4 Å². The van der Waals surface area contributed by atoms with Crippen LogP contribution in [0.3, 0.4) is 0 Å². The fourth-order valence-corrected chi connectivity index (χ4v) is 2.04. The van der Waals surface area contributed by atoms with E-state index in [1.807, 2.05) is 42.5 Å². The molecule has 0 atom stereocenters. The van der Waals surface area contributed by atoms with Crippen LogP contribution in [0.25, 0.3) is 11.5 Å². The molecule has 22 heavy (non-hydrogen) atoms. The summed E-state index contributed by atoms with van der Waals surface area (Å²) < 4.78 is 0. The van der Waals surface area contributed by atoms with Crippen molar-refractivity contribution in [1.82, 2.24) is 15.0 Å². The van der Waals surface area contributed by atoms with Crippen LogP contribution in [0.5, 0.6) is 5.88 Å². The lowest BCUT2D eigenvalue weighted by atomic mass is 10.2. The number of rotatable bonds is 4. The molecule has 0 aliphatic carbocycles. The lowest BCUT2D eigenvalue weighted by Crippen LogP contribution is -2.07. The zero-order valence-electron chi connectivity index (χ0n) is 11.7. The number of pyridine rings is 1. The van der Waals surface area contributed by atoms with Crippen LogP contribution in [0.1, 0.15) is 5.56 Å². The molecule has 2 heterocycles. The average molecular weight is 294 g/mol. The first-order chi connectivity index (χ1) is 10.7.